The molecule has 0 aliphatic carbocycles. The van der Waals surface area contributed by atoms with Crippen molar-refractivity contribution in [2.75, 3.05) is 0 Å². The zero-order chi connectivity index (χ0) is 0. The fourth-order valence-corrected chi connectivity index (χ4v) is 0. The summed E-state index contributed by atoms with van der Waals surface area (Å²) in [6, 6.07) is 0. The number of hydrogen-bond acceptors (Lipinski definition) is 0. The van der Waals surface area contributed by atoms with Gasteiger partial charge in [-0.15, -0.1) is 0 Å². The molecule has 0 heterocycles. The van der Waals surface area contributed by atoms with E-state index in [9.17, 15) is 0 Å². The van der Waals surface area contributed by atoms with Gasteiger partial charge in [-0.1, -0.05) is 0 Å². The Morgan fingerprint density at radius 3 is 0.333 bits per heavy atom. The van der Waals surface area contributed by atoms with Gasteiger partial charge in [-0.2, -0.15) is 0 Å². The molecule has 0 amide bonds. The number of rotatable bonds is 0. The normalized spacial score (nSPS) is 0. The van der Waals surface area contributed by atoms with Crippen LogP contribution in [0.25, 0.3) is 0 Å². The summed E-state index contributed by atoms with van der Waals surface area (Å²) in [5.74, 6) is 0. The zero-order valence-corrected chi connectivity index (χ0v) is 11.0. The second-order valence-electron chi connectivity index (χ2n) is 0. The van der Waals surface area contributed by atoms with Crippen LogP contribution in [0.3, 0.4) is 0 Å². The Labute approximate surface area is 143 Å². The van der Waals surface area contributed by atoms with E-state index in [1.165, 1.54) is 0 Å². The summed E-state index contributed by atoms with van der Waals surface area (Å²) in [5.41, 5.74) is 0. The minimum absolute atomic E-state index is 0. The molecule has 0 radical (unpaired) electrons. The van der Waals surface area contributed by atoms with Crippen LogP contribution in [-0.2, 0) is 58.4 Å². The SMILES string of the molecule is [NaH].[NaH].[NaH].[Zn].[Zn].[Zn]. The van der Waals surface area contributed by atoms with Gasteiger partial charge in [0.25, 0.3) is 0 Å². The van der Waals surface area contributed by atoms with Crippen LogP contribution in [0.5, 0.6) is 0 Å². The molecular formula is H3Na3Zn3. The maximum absolute atomic E-state index is 0. The maximum Gasteiger partial charge on any atom is 0 e. The van der Waals surface area contributed by atoms with Crippen LogP contribution in [-0.4, -0.2) is 88.7 Å². The Hall–Kier alpha value is 4.87. The smallest absolute Gasteiger partial charge is 0 e. The Morgan fingerprint density at radius 2 is 0.333 bits per heavy atom. The fraction of sp³-hybridized carbons (Fsp3) is 0. The van der Waals surface area contributed by atoms with Crippen molar-refractivity contribution in [3.8, 4) is 0 Å². The maximum atomic E-state index is 0. The van der Waals surface area contributed by atoms with E-state index in [-0.39, 0.29) is 147 Å². The van der Waals surface area contributed by atoms with Gasteiger partial charge in [0.15, 0.2) is 0 Å². The van der Waals surface area contributed by atoms with Crippen LogP contribution in [0, 0.1) is 0 Å². The molecule has 0 bridgehead atoms. The molecule has 0 fully saturated rings. The van der Waals surface area contributed by atoms with Crippen LogP contribution in [0.4, 0.5) is 0 Å². The third-order valence-corrected chi connectivity index (χ3v) is 0. The van der Waals surface area contributed by atoms with Crippen molar-refractivity contribution in [3.63, 3.8) is 0 Å². The molecule has 0 N–H and O–H groups in total. The van der Waals surface area contributed by atoms with Crippen LogP contribution in [0.2, 0.25) is 0 Å². The molecule has 12 valence electrons. The topological polar surface area (TPSA) is 0 Å². The van der Waals surface area contributed by atoms with Crippen molar-refractivity contribution in [1.82, 2.24) is 0 Å². The molecule has 0 unspecified atom stereocenters. The quantitative estimate of drug-likeness (QED) is 0.448. The molecule has 0 aromatic carbocycles. The molecule has 0 aliphatic rings. The zero-order valence-electron chi connectivity index (χ0n) is 2.12. The summed E-state index contributed by atoms with van der Waals surface area (Å²) in [6.07, 6.45) is 0. The van der Waals surface area contributed by atoms with E-state index in [2.05, 4.69) is 0 Å². The van der Waals surface area contributed by atoms with E-state index in [0.29, 0.717) is 0 Å². The molecule has 0 aromatic rings. The Balaban J connectivity index is 0. The summed E-state index contributed by atoms with van der Waals surface area (Å²) in [4.78, 5) is 0. The van der Waals surface area contributed by atoms with Crippen molar-refractivity contribution in [2.45, 2.75) is 0 Å². The summed E-state index contributed by atoms with van der Waals surface area (Å²) < 4.78 is 0. The minimum Gasteiger partial charge on any atom is 0 e. The predicted molar refractivity (Wildman–Crippen MR) is 21.4 cm³/mol. The molecule has 0 saturated carbocycles. The van der Waals surface area contributed by atoms with Crippen LogP contribution >= 0.6 is 0 Å². The molecule has 0 rings (SSSR count). The summed E-state index contributed by atoms with van der Waals surface area (Å²) in [5, 5.41) is 0. The van der Waals surface area contributed by atoms with E-state index in [1.54, 1.807) is 0 Å². The molecule has 6 heavy (non-hydrogen) atoms. The number of hydrogen-bond donors (Lipinski definition) is 0. The van der Waals surface area contributed by atoms with E-state index in [4.69, 9.17) is 0 Å². The van der Waals surface area contributed by atoms with Gasteiger partial charge in [0.05, 0.1) is 0 Å². The third-order valence-electron chi connectivity index (χ3n) is 0. The van der Waals surface area contributed by atoms with Crippen molar-refractivity contribution >= 4 is 88.7 Å². The standard InChI is InChI=1S/3Na.3Zn.3H. The second-order valence-corrected chi connectivity index (χ2v) is 0. The molecule has 0 aliphatic heterocycles. The van der Waals surface area contributed by atoms with Gasteiger partial charge < -0.3 is 0 Å². The average Bonchev–Trinajstić information content (AvgIpc) is 0. The van der Waals surface area contributed by atoms with Gasteiger partial charge in [0.2, 0.25) is 0 Å². The van der Waals surface area contributed by atoms with E-state index in [0.717, 1.165) is 0 Å². The first-order valence-corrected chi connectivity index (χ1v) is 0. The predicted octanol–water partition coefficient (Wildman–Crippen LogP) is -1.95. The second kappa shape index (κ2) is 32.7. The third kappa shape index (κ3) is 23.2. The summed E-state index contributed by atoms with van der Waals surface area (Å²) >= 11 is 0. The van der Waals surface area contributed by atoms with Crippen LogP contribution < -0.4 is 0 Å². The van der Waals surface area contributed by atoms with Gasteiger partial charge >= 0.3 is 88.7 Å². The van der Waals surface area contributed by atoms with Crippen molar-refractivity contribution in [3.05, 3.63) is 0 Å². The van der Waals surface area contributed by atoms with Crippen molar-refractivity contribution < 1.29 is 58.4 Å². The van der Waals surface area contributed by atoms with Gasteiger partial charge in [0.1, 0.15) is 0 Å². The minimum atomic E-state index is 0. The van der Waals surface area contributed by atoms with E-state index < -0.39 is 0 Å². The monoisotopic (exact) mass is 264 g/mol. The Bertz CT molecular complexity index is 6.00. The first-order valence-electron chi connectivity index (χ1n) is 0. The molecule has 6 heteroatoms. The van der Waals surface area contributed by atoms with Crippen molar-refractivity contribution in [1.29, 1.82) is 0 Å². The summed E-state index contributed by atoms with van der Waals surface area (Å²) in [7, 11) is 0. The van der Waals surface area contributed by atoms with Gasteiger partial charge in [0, 0.05) is 58.4 Å². The molecular weight excluding hydrogens is 265 g/mol. The molecule has 0 atom stereocenters. The molecule has 0 spiro atoms. The average molecular weight is 268 g/mol. The molecule has 0 saturated heterocycles. The van der Waals surface area contributed by atoms with Crippen LogP contribution in [0.15, 0.2) is 0 Å². The fourth-order valence-electron chi connectivity index (χ4n) is 0. The summed E-state index contributed by atoms with van der Waals surface area (Å²) in [6.45, 7) is 0. The largest absolute Gasteiger partial charge is 0 e. The molecule has 0 aromatic heterocycles. The van der Waals surface area contributed by atoms with E-state index in [1.807, 2.05) is 0 Å². The van der Waals surface area contributed by atoms with Gasteiger partial charge in [-0.05, 0) is 0 Å². The first kappa shape index (κ1) is 44.6. The van der Waals surface area contributed by atoms with E-state index >= 15 is 0 Å². The Morgan fingerprint density at radius 1 is 0.333 bits per heavy atom. The van der Waals surface area contributed by atoms with Gasteiger partial charge in [-0.3, -0.25) is 0 Å². The van der Waals surface area contributed by atoms with Crippen LogP contribution in [0.1, 0.15) is 0 Å². The van der Waals surface area contributed by atoms with Crippen molar-refractivity contribution in [2.24, 2.45) is 0 Å². The van der Waals surface area contributed by atoms with Gasteiger partial charge in [-0.25, -0.2) is 0 Å². The molecule has 0 nitrogen and oxygen atoms in total. The first-order chi connectivity index (χ1) is 0. The Kier molecular flexibility index (Phi) is 244.